The van der Waals surface area contributed by atoms with Gasteiger partial charge in [0.25, 0.3) is 5.91 Å². The van der Waals surface area contributed by atoms with Crippen LogP contribution in [0.1, 0.15) is 21.1 Å². The lowest BCUT2D eigenvalue weighted by Gasteiger charge is -2.05. The first kappa shape index (κ1) is 13.4. The molecule has 4 nitrogen and oxygen atoms in total. The van der Waals surface area contributed by atoms with Crippen molar-refractivity contribution in [3.63, 3.8) is 0 Å². The molecule has 0 aliphatic heterocycles. The van der Waals surface area contributed by atoms with Crippen molar-refractivity contribution in [1.82, 2.24) is 4.98 Å². The first-order valence-corrected chi connectivity index (χ1v) is 7.28. The topological polar surface area (TPSA) is 68.0 Å². The predicted molar refractivity (Wildman–Crippen MR) is 81.9 cm³/mol. The molecule has 2 aromatic rings. The van der Waals surface area contributed by atoms with E-state index in [1.165, 1.54) is 16.9 Å². The number of amides is 1. The maximum absolute atomic E-state index is 11.9. The normalized spacial score (nSPS) is 10.4. The van der Waals surface area contributed by atoms with Gasteiger partial charge in [0, 0.05) is 21.2 Å². The first-order chi connectivity index (χ1) is 8.60. The van der Waals surface area contributed by atoms with Gasteiger partial charge in [0.05, 0.1) is 0 Å². The number of hydrogen-bond donors (Lipinski definition) is 2. The fourth-order valence-corrected chi connectivity index (χ4v) is 2.54. The van der Waals surface area contributed by atoms with E-state index in [2.05, 4.69) is 32.9 Å². The summed E-state index contributed by atoms with van der Waals surface area (Å²) in [6, 6.07) is 5.79. The van der Waals surface area contributed by atoms with Crippen LogP contribution in [0.2, 0.25) is 0 Å². The first-order valence-electron chi connectivity index (χ1n) is 5.32. The van der Waals surface area contributed by atoms with Gasteiger partial charge in [-0.3, -0.25) is 4.79 Å². The fraction of sp³-hybridized carbons (Fsp3) is 0.167. The average Bonchev–Trinajstić information content (AvgIpc) is 2.82. The summed E-state index contributed by atoms with van der Waals surface area (Å²) < 4.78 is 1.12. The Morgan fingerprint density at radius 3 is 2.94 bits per heavy atom. The lowest BCUT2D eigenvalue weighted by Crippen LogP contribution is -2.12. The van der Waals surface area contributed by atoms with Crippen LogP contribution in [0.15, 0.2) is 23.6 Å². The summed E-state index contributed by atoms with van der Waals surface area (Å²) in [6.07, 6.45) is 0. The molecule has 6 heteroatoms. The third-order valence-corrected chi connectivity index (χ3v) is 4.42. The Morgan fingerprint density at radius 1 is 1.56 bits per heavy atom. The number of aromatic nitrogens is 1. The number of nitrogens with one attached hydrogen (secondary N) is 1. The molecular weight excluding hydrogens is 361 g/mol. The van der Waals surface area contributed by atoms with Crippen LogP contribution in [0.4, 0.5) is 5.69 Å². The Kier molecular flexibility index (Phi) is 4.31. The summed E-state index contributed by atoms with van der Waals surface area (Å²) in [6.45, 7) is 2.39. The number of halogens is 1. The lowest BCUT2D eigenvalue weighted by atomic mass is 10.2. The third-order valence-electron chi connectivity index (χ3n) is 2.39. The van der Waals surface area contributed by atoms with Gasteiger partial charge in [-0.1, -0.05) is 6.07 Å². The Morgan fingerprint density at radius 2 is 2.33 bits per heavy atom. The van der Waals surface area contributed by atoms with E-state index in [9.17, 15) is 4.79 Å². The molecule has 1 heterocycles. The molecule has 0 spiro atoms. The highest BCUT2D eigenvalue weighted by atomic mass is 127. The molecule has 0 aliphatic carbocycles. The summed E-state index contributed by atoms with van der Waals surface area (Å²) >= 11 is 3.64. The SMILES string of the molecule is Cc1ccc(NC(=O)c2csc(CN)n2)cc1I. The van der Waals surface area contributed by atoms with Crippen molar-refractivity contribution in [2.24, 2.45) is 5.73 Å². The van der Waals surface area contributed by atoms with Crippen LogP contribution in [0.3, 0.4) is 0 Å². The predicted octanol–water partition coefficient (Wildman–Crippen LogP) is 2.77. The van der Waals surface area contributed by atoms with Crippen LogP contribution < -0.4 is 11.1 Å². The smallest absolute Gasteiger partial charge is 0.275 e. The Balaban J connectivity index is 2.13. The van der Waals surface area contributed by atoms with Gasteiger partial charge in [-0.25, -0.2) is 4.98 Å². The molecule has 3 N–H and O–H groups in total. The molecular formula is C12H12IN3OS. The van der Waals surface area contributed by atoms with Gasteiger partial charge in [0.1, 0.15) is 10.7 Å². The zero-order chi connectivity index (χ0) is 13.1. The lowest BCUT2D eigenvalue weighted by molar-refractivity contribution is 0.102. The molecule has 1 aromatic carbocycles. The second-order valence-electron chi connectivity index (χ2n) is 3.75. The van der Waals surface area contributed by atoms with E-state index in [1.807, 2.05) is 25.1 Å². The van der Waals surface area contributed by atoms with Crippen LogP contribution in [-0.2, 0) is 6.54 Å². The number of rotatable bonds is 3. The summed E-state index contributed by atoms with van der Waals surface area (Å²) in [5.74, 6) is -0.203. The van der Waals surface area contributed by atoms with Crippen LogP contribution >= 0.6 is 33.9 Å². The number of thiazole rings is 1. The van der Waals surface area contributed by atoms with E-state index in [0.717, 1.165) is 14.3 Å². The zero-order valence-electron chi connectivity index (χ0n) is 9.74. The number of hydrogen-bond acceptors (Lipinski definition) is 4. The van der Waals surface area contributed by atoms with E-state index in [0.29, 0.717) is 12.2 Å². The van der Waals surface area contributed by atoms with Crippen molar-refractivity contribution >= 4 is 45.5 Å². The maximum Gasteiger partial charge on any atom is 0.275 e. The van der Waals surface area contributed by atoms with Gasteiger partial charge in [-0.05, 0) is 47.2 Å². The number of carbonyl (C=O) groups excluding carboxylic acids is 1. The standard InChI is InChI=1S/C12H12IN3OS/c1-7-2-3-8(4-9(7)13)15-12(17)10-6-18-11(5-14)16-10/h2-4,6H,5,14H2,1H3,(H,15,17). The highest BCUT2D eigenvalue weighted by molar-refractivity contribution is 14.1. The monoisotopic (exact) mass is 373 g/mol. The second kappa shape index (κ2) is 5.77. The highest BCUT2D eigenvalue weighted by Gasteiger charge is 2.10. The summed E-state index contributed by atoms with van der Waals surface area (Å²) in [5.41, 5.74) is 7.84. The van der Waals surface area contributed by atoms with E-state index in [1.54, 1.807) is 5.38 Å². The van der Waals surface area contributed by atoms with Crippen molar-refractivity contribution in [2.75, 3.05) is 5.32 Å². The van der Waals surface area contributed by atoms with Gasteiger partial charge in [-0.15, -0.1) is 11.3 Å². The number of nitrogens with two attached hydrogens (primary N) is 1. The van der Waals surface area contributed by atoms with Crippen molar-refractivity contribution in [2.45, 2.75) is 13.5 Å². The maximum atomic E-state index is 11.9. The van der Waals surface area contributed by atoms with Gasteiger partial charge in [0.2, 0.25) is 0 Å². The molecule has 0 unspecified atom stereocenters. The molecule has 1 amide bonds. The number of carbonyl (C=O) groups is 1. The molecule has 1 aromatic heterocycles. The largest absolute Gasteiger partial charge is 0.325 e. The molecule has 0 radical (unpaired) electrons. The van der Waals surface area contributed by atoms with Crippen LogP contribution in [0.5, 0.6) is 0 Å². The summed E-state index contributed by atoms with van der Waals surface area (Å²) in [7, 11) is 0. The van der Waals surface area contributed by atoms with Crippen molar-refractivity contribution in [1.29, 1.82) is 0 Å². The summed E-state index contributed by atoms with van der Waals surface area (Å²) in [4.78, 5) is 16.1. The molecule has 0 aliphatic rings. The van der Waals surface area contributed by atoms with Gasteiger partial charge in [0.15, 0.2) is 0 Å². The van der Waals surface area contributed by atoms with Gasteiger partial charge >= 0.3 is 0 Å². The quantitative estimate of drug-likeness (QED) is 0.814. The molecule has 94 valence electrons. The van der Waals surface area contributed by atoms with Crippen molar-refractivity contribution in [3.05, 3.63) is 43.4 Å². The van der Waals surface area contributed by atoms with Crippen molar-refractivity contribution < 1.29 is 4.79 Å². The van der Waals surface area contributed by atoms with Crippen LogP contribution in [-0.4, -0.2) is 10.9 Å². The van der Waals surface area contributed by atoms with Gasteiger partial charge in [-0.2, -0.15) is 0 Å². The molecule has 18 heavy (non-hydrogen) atoms. The number of benzene rings is 1. The van der Waals surface area contributed by atoms with Gasteiger partial charge < -0.3 is 11.1 Å². The average molecular weight is 373 g/mol. The molecule has 0 bridgehead atoms. The highest BCUT2D eigenvalue weighted by Crippen LogP contribution is 2.18. The zero-order valence-corrected chi connectivity index (χ0v) is 12.7. The molecule has 2 rings (SSSR count). The van der Waals surface area contributed by atoms with E-state index < -0.39 is 0 Å². The molecule has 0 saturated heterocycles. The molecule has 0 atom stereocenters. The minimum atomic E-state index is -0.203. The van der Waals surface area contributed by atoms with Crippen molar-refractivity contribution in [3.8, 4) is 0 Å². The fourth-order valence-electron chi connectivity index (χ4n) is 1.37. The third kappa shape index (κ3) is 3.06. The van der Waals surface area contributed by atoms with E-state index in [4.69, 9.17) is 5.73 Å². The Labute approximate surface area is 123 Å². The number of aryl methyl sites for hydroxylation is 1. The number of anilines is 1. The minimum absolute atomic E-state index is 0.203. The molecule has 0 saturated carbocycles. The van der Waals surface area contributed by atoms with Crippen LogP contribution in [0.25, 0.3) is 0 Å². The minimum Gasteiger partial charge on any atom is -0.325 e. The van der Waals surface area contributed by atoms with E-state index >= 15 is 0 Å². The van der Waals surface area contributed by atoms with E-state index in [-0.39, 0.29) is 5.91 Å². The summed E-state index contributed by atoms with van der Waals surface area (Å²) in [5, 5.41) is 5.30. The molecule has 0 fully saturated rings. The number of nitrogens with zero attached hydrogens (tertiary/aromatic N) is 1. The Hall–Kier alpha value is -0.990. The van der Waals surface area contributed by atoms with Crippen LogP contribution in [0, 0.1) is 10.5 Å². The Bertz CT molecular complexity index is 582. The second-order valence-corrected chi connectivity index (χ2v) is 5.85.